The third kappa shape index (κ3) is 6.59. The molecule has 0 bridgehead atoms. The first kappa shape index (κ1) is 20.3. The second-order valence-corrected chi connectivity index (χ2v) is 8.72. The quantitative estimate of drug-likeness (QED) is 0.386. The van der Waals surface area contributed by atoms with E-state index in [-0.39, 0.29) is 9.70 Å². The van der Waals surface area contributed by atoms with Crippen molar-refractivity contribution in [3.05, 3.63) is 88.4 Å². The van der Waals surface area contributed by atoms with Crippen LogP contribution in [0.2, 0.25) is 10.0 Å². The Kier molecular flexibility index (Phi) is 7.67. The smallest absolute Gasteiger partial charge is 0.273 e. The Morgan fingerprint density at radius 2 is 1.74 bits per heavy atom. The van der Waals surface area contributed by atoms with Gasteiger partial charge in [-0.05, 0) is 35.4 Å². The van der Waals surface area contributed by atoms with E-state index in [1.54, 1.807) is 24.7 Å². The van der Waals surface area contributed by atoms with Gasteiger partial charge in [-0.3, -0.25) is 4.79 Å². The average molecular weight is 439 g/mol. The highest BCUT2D eigenvalue weighted by Gasteiger charge is 2.19. The van der Waals surface area contributed by atoms with E-state index < -0.39 is 0 Å². The molecular formula is C19H16Cl2N2O2S2. The van der Waals surface area contributed by atoms with Crippen molar-refractivity contribution in [2.24, 2.45) is 0 Å². The lowest BCUT2D eigenvalue weighted by atomic mass is 10.1. The van der Waals surface area contributed by atoms with Crippen LogP contribution in [0.3, 0.4) is 0 Å². The van der Waals surface area contributed by atoms with Gasteiger partial charge < -0.3 is 8.75 Å². The third-order valence-electron chi connectivity index (χ3n) is 3.68. The highest BCUT2D eigenvalue weighted by Crippen LogP contribution is 2.36. The molecule has 0 radical (unpaired) electrons. The van der Waals surface area contributed by atoms with Gasteiger partial charge in [0.2, 0.25) is 0 Å². The Labute approximate surface area is 176 Å². The van der Waals surface area contributed by atoms with Gasteiger partial charge >= 0.3 is 0 Å². The number of aromatic nitrogens is 2. The summed E-state index contributed by atoms with van der Waals surface area (Å²) >= 11 is 13.9. The summed E-state index contributed by atoms with van der Waals surface area (Å²) < 4.78 is 7.31. The van der Waals surface area contributed by atoms with Crippen molar-refractivity contribution in [3.8, 4) is 0 Å². The summed E-state index contributed by atoms with van der Waals surface area (Å²) in [6, 6.07) is 14.9. The fourth-order valence-corrected chi connectivity index (χ4v) is 4.30. The topological polar surface area (TPSA) is 44.1 Å². The lowest BCUT2D eigenvalue weighted by Crippen LogP contribution is -2.06. The Bertz CT molecular complexity index is 856. The normalized spacial score (nSPS) is 12.1. The molecule has 8 heteroatoms. The van der Waals surface area contributed by atoms with Crippen LogP contribution in [-0.2, 0) is 17.3 Å². The molecule has 140 valence electrons. The van der Waals surface area contributed by atoms with E-state index >= 15 is 0 Å². The molecule has 27 heavy (non-hydrogen) atoms. The molecule has 1 heterocycles. The molecule has 0 spiro atoms. The molecular weight excluding hydrogens is 423 g/mol. The van der Waals surface area contributed by atoms with E-state index in [4.69, 9.17) is 27.4 Å². The average Bonchev–Trinajstić information content (AvgIpc) is 3.17. The van der Waals surface area contributed by atoms with Crippen LogP contribution in [0, 0.1) is 0 Å². The number of hydrogen-bond donors (Lipinski definition) is 0. The van der Waals surface area contributed by atoms with Gasteiger partial charge in [0, 0.05) is 29.0 Å². The molecule has 1 aromatic heterocycles. The predicted molar refractivity (Wildman–Crippen MR) is 113 cm³/mol. The predicted octanol–water partition coefficient (Wildman–Crippen LogP) is 6.65. The fourth-order valence-electron chi connectivity index (χ4n) is 2.34. The second kappa shape index (κ2) is 10.2. The van der Waals surface area contributed by atoms with Crippen LogP contribution in [-0.4, -0.2) is 14.0 Å². The number of halogens is 2. The van der Waals surface area contributed by atoms with Gasteiger partial charge in [-0.1, -0.05) is 59.2 Å². The third-order valence-corrected chi connectivity index (χ3v) is 5.95. The van der Waals surface area contributed by atoms with Crippen molar-refractivity contribution in [1.82, 2.24) is 9.55 Å². The van der Waals surface area contributed by atoms with Gasteiger partial charge in [-0.2, -0.15) is 0 Å². The molecule has 0 N–H and O–H groups in total. The van der Waals surface area contributed by atoms with Gasteiger partial charge in [0.25, 0.3) is 4.45 Å². The second-order valence-electron chi connectivity index (χ2n) is 5.64. The molecule has 0 amide bonds. The highest BCUT2D eigenvalue weighted by molar-refractivity contribution is 8.36. The molecule has 0 fully saturated rings. The molecule has 1 unspecified atom stereocenters. The molecule has 0 aliphatic rings. The first-order chi connectivity index (χ1) is 13.1. The minimum Gasteiger partial charge on any atom is -0.336 e. The van der Waals surface area contributed by atoms with Gasteiger partial charge in [0.15, 0.2) is 0 Å². The molecule has 3 rings (SSSR count). The maximum atomic E-state index is 12.4. The summed E-state index contributed by atoms with van der Waals surface area (Å²) in [5.74, 6) is 0. The Morgan fingerprint density at radius 1 is 1.07 bits per heavy atom. The fraction of sp³-hybridized carbons (Fsp3) is 0.158. The maximum Gasteiger partial charge on any atom is 0.273 e. The standard InChI is InChI=1S/C19H16Cl2N2O2S2/c20-16-5-1-14(2-6-16)12-25-27-19(24)26-18(11-23-10-9-22-13-23)15-3-7-17(21)8-4-15/h1-10,13,18H,11-12H2. The summed E-state index contributed by atoms with van der Waals surface area (Å²) in [5, 5.41) is 1.26. The molecule has 2 aromatic carbocycles. The number of carbonyl (C=O) groups is 1. The molecule has 4 nitrogen and oxygen atoms in total. The lowest BCUT2D eigenvalue weighted by molar-refractivity contribution is 0.273. The van der Waals surface area contributed by atoms with E-state index in [1.165, 1.54) is 11.8 Å². The van der Waals surface area contributed by atoms with Crippen molar-refractivity contribution < 1.29 is 8.98 Å². The van der Waals surface area contributed by atoms with E-state index in [1.807, 2.05) is 47.2 Å². The molecule has 1 atom stereocenters. The molecule has 0 aliphatic carbocycles. The van der Waals surface area contributed by atoms with E-state index in [2.05, 4.69) is 4.98 Å². The highest BCUT2D eigenvalue weighted by atomic mass is 35.5. The molecule has 0 aliphatic heterocycles. The molecule has 0 saturated heterocycles. The summed E-state index contributed by atoms with van der Waals surface area (Å²) in [4.78, 5) is 16.5. The van der Waals surface area contributed by atoms with Crippen molar-refractivity contribution in [2.75, 3.05) is 0 Å². The monoisotopic (exact) mass is 438 g/mol. The van der Waals surface area contributed by atoms with E-state index in [9.17, 15) is 4.79 Å². The summed E-state index contributed by atoms with van der Waals surface area (Å²) in [5.41, 5.74) is 1.97. The summed E-state index contributed by atoms with van der Waals surface area (Å²) in [7, 11) is 0. The first-order valence-electron chi connectivity index (χ1n) is 8.06. The number of nitrogens with zero attached hydrogens (tertiary/aromatic N) is 2. The SMILES string of the molecule is O=C(SOCc1ccc(Cl)cc1)SC(Cn1ccnc1)c1ccc(Cl)cc1. The van der Waals surface area contributed by atoms with Crippen LogP contribution >= 0.6 is 47.0 Å². The van der Waals surface area contributed by atoms with Crippen molar-refractivity contribution in [2.45, 2.75) is 18.4 Å². The maximum absolute atomic E-state index is 12.4. The van der Waals surface area contributed by atoms with E-state index in [0.717, 1.165) is 23.2 Å². The number of hydrogen-bond acceptors (Lipinski definition) is 5. The number of thioether (sulfide) groups is 1. The first-order valence-corrected chi connectivity index (χ1v) is 10.4. The lowest BCUT2D eigenvalue weighted by Gasteiger charge is -2.16. The van der Waals surface area contributed by atoms with Crippen LogP contribution in [0.1, 0.15) is 16.4 Å². The van der Waals surface area contributed by atoms with Crippen molar-refractivity contribution in [3.63, 3.8) is 0 Å². The minimum atomic E-state index is -0.107. The molecule has 0 saturated carbocycles. The Morgan fingerprint density at radius 3 is 2.37 bits per heavy atom. The van der Waals surface area contributed by atoms with Crippen molar-refractivity contribution in [1.29, 1.82) is 0 Å². The van der Waals surface area contributed by atoms with E-state index in [0.29, 0.717) is 23.2 Å². The number of imidazole rings is 1. The van der Waals surface area contributed by atoms with Gasteiger partial charge in [-0.15, -0.1) is 0 Å². The van der Waals surface area contributed by atoms with Crippen LogP contribution in [0.15, 0.2) is 67.3 Å². The van der Waals surface area contributed by atoms with Crippen LogP contribution in [0.5, 0.6) is 0 Å². The number of rotatable bonds is 7. The largest absolute Gasteiger partial charge is 0.336 e. The summed E-state index contributed by atoms with van der Waals surface area (Å²) in [6.07, 6.45) is 5.33. The van der Waals surface area contributed by atoms with Crippen molar-refractivity contribution >= 4 is 51.5 Å². The zero-order valence-corrected chi connectivity index (χ0v) is 17.3. The number of benzene rings is 2. The Balaban J connectivity index is 1.58. The summed E-state index contributed by atoms with van der Waals surface area (Å²) in [6.45, 7) is 0.955. The number of carbonyl (C=O) groups excluding carboxylic acids is 1. The van der Waals surface area contributed by atoms with Gasteiger partial charge in [0.05, 0.1) is 30.2 Å². The van der Waals surface area contributed by atoms with Crippen LogP contribution in [0.25, 0.3) is 0 Å². The Hall–Kier alpha value is -1.44. The zero-order chi connectivity index (χ0) is 19.1. The minimum absolute atomic E-state index is 0.0735. The molecule has 3 aromatic rings. The van der Waals surface area contributed by atoms with Gasteiger partial charge in [-0.25, -0.2) is 4.98 Å². The van der Waals surface area contributed by atoms with Crippen LogP contribution < -0.4 is 0 Å². The zero-order valence-electron chi connectivity index (χ0n) is 14.1. The van der Waals surface area contributed by atoms with Gasteiger partial charge in [0.1, 0.15) is 0 Å². The van der Waals surface area contributed by atoms with Crippen LogP contribution in [0.4, 0.5) is 4.79 Å².